The van der Waals surface area contributed by atoms with Crippen molar-refractivity contribution in [2.24, 2.45) is 0 Å². The minimum Gasteiger partial charge on any atom is -0.309 e. The molecule has 0 amide bonds. The van der Waals surface area contributed by atoms with Crippen LogP contribution in [0.4, 0.5) is 0 Å². The van der Waals surface area contributed by atoms with E-state index in [4.69, 9.17) is 5.10 Å². The predicted octanol–water partition coefficient (Wildman–Crippen LogP) is 18.4. The average Bonchev–Trinajstić information content (AvgIpc) is 4.34. The first-order valence-corrected chi connectivity index (χ1v) is 27.3. The highest BCUT2D eigenvalue weighted by molar-refractivity contribution is 6.25. The molecule has 0 atom stereocenters. The molecular formula is C74H51N4+. The first-order valence-electron chi connectivity index (χ1n) is 27.3. The lowest BCUT2D eigenvalue weighted by Crippen LogP contribution is -2.35. The SMILES string of the molecule is CC1(C)c2cc(-c3n[n+](-c4ccc5c(c4)C(C)(C)c4cc6ccccc6cc4-5)cc4ccc(-n5c6ccccc6c6cc7c8c9ccccc9ccc8n(-c8ccccc8)c7cc65)cc34)ccc2-c2cc3ccccc3cc21. The highest BCUT2D eigenvalue weighted by Crippen LogP contribution is 2.53. The maximum absolute atomic E-state index is 5.76. The van der Waals surface area contributed by atoms with Gasteiger partial charge < -0.3 is 9.13 Å². The van der Waals surface area contributed by atoms with Gasteiger partial charge in [0.05, 0.1) is 27.5 Å². The van der Waals surface area contributed by atoms with E-state index < -0.39 is 0 Å². The number of nitrogens with zero attached hydrogens (tertiary/aromatic N) is 4. The van der Waals surface area contributed by atoms with Crippen LogP contribution in [0.2, 0.25) is 0 Å². The Bertz CT molecular complexity index is 5150. The molecule has 0 aliphatic heterocycles. The maximum Gasteiger partial charge on any atom is 0.238 e. The van der Waals surface area contributed by atoms with Crippen LogP contribution in [0.3, 0.4) is 0 Å². The van der Waals surface area contributed by atoms with Gasteiger partial charge in [0.2, 0.25) is 11.9 Å². The maximum atomic E-state index is 5.76. The van der Waals surface area contributed by atoms with Crippen molar-refractivity contribution in [1.82, 2.24) is 14.2 Å². The first kappa shape index (κ1) is 43.6. The zero-order chi connectivity index (χ0) is 51.8. The van der Waals surface area contributed by atoms with Gasteiger partial charge in [0, 0.05) is 71.9 Å². The second-order valence-corrected chi connectivity index (χ2v) is 23.0. The molecule has 15 aromatic rings. The molecule has 3 heterocycles. The van der Waals surface area contributed by atoms with E-state index in [0.717, 1.165) is 44.6 Å². The van der Waals surface area contributed by atoms with Crippen molar-refractivity contribution in [3.63, 3.8) is 0 Å². The molecule has 0 saturated heterocycles. The van der Waals surface area contributed by atoms with Gasteiger partial charge in [0.25, 0.3) is 0 Å². The number of hydrogen-bond acceptors (Lipinski definition) is 1. The molecule has 366 valence electrons. The Hall–Kier alpha value is -9.64. The largest absolute Gasteiger partial charge is 0.309 e. The third kappa shape index (κ3) is 5.95. The van der Waals surface area contributed by atoms with Gasteiger partial charge in [0.1, 0.15) is 5.69 Å². The number of rotatable bonds is 4. The summed E-state index contributed by atoms with van der Waals surface area (Å²) in [5.41, 5.74) is 20.2. The minimum absolute atomic E-state index is 0.192. The Morgan fingerprint density at radius 2 is 0.897 bits per heavy atom. The van der Waals surface area contributed by atoms with E-state index in [1.165, 1.54) is 115 Å². The topological polar surface area (TPSA) is 26.6 Å². The van der Waals surface area contributed by atoms with Gasteiger partial charge in [-0.25, -0.2) is 0 Å². The molecule has 17 rings (SSSR count). The van der Waals surface area contributed by atoms with E-state index in [-0.39, 0.29) is 10.8 Å². The summed E-state index contributed by atoms with van der Waals surface area (Å²) in [7, 11) is 0. The second-order valence-electron chi connectivity index (χ2n) is 23.0. The molecule has 0 saturated carbocycles. The molecule has 3 aromatic heterocycles. The van der Waals surface area contributed by atoms with Crippen LogP contribution < -0.4 is 4.68 Å². The summed E-state index contributed by atoms with van der Waals surface area (Å²) in [6, 6.07) is 86.2. The summed E-state index contributed by atoms with van der Waals surface area (Å²) in [5.74, 6) is 0. The van der Waals surface area contributed by atoms with Gasteiger partial charge in [-0.1, -0.05) is 160 Å². The van der Waals surface area contributed by atoms with Crippen molar-refractivity contribution in [3.8, 4) is 50.6 Å². The molecule has 0 N–H and O–H groups in total. The molecule has 2 aliphatic carbocycles. The van der Waals surface area contributed by atoms with Crippen LogP contribution in [0.5, 0.6) is 0 Å². The Kier molecular flexibility index (Phi) is 8.66. The average molecular weight is 996 g/mol. The molecule has 0 fully saturated rings. The number of para-hydroxylation sites is 2. The fourth-order valence-electron chi connectivity index (χ4n) is 14.2. The third-order valence-electron chi connectivity index (χ3n) is 18.1. The van der Waals surface area contributed by atoms with E-state index in [1.807, 2.05) is 0 Å². The van der Waals surface area contributed by atoms with Crippen LogP contribution in [0.15, 0.2) is 237 Å². The minimum atomic E-state index is -0.218. The van der Waals surface area contributed by atoms with Gasteiger partial charge in [-0.15, -0.1) is 0 Å². The number of aromatic nitrogens is 4. The normalized spacial score (nSPS) is 14.1. The predicted molar refractivity (Wildman–Crippen MR) is 325 cm³/mol. The van der Waals surface area contributed by atoms with Crippen LogP contribution in [0.1, 0.15) is 49.9 Å². The lowest BCUT2D eigenvalue weighted by atomic mass is 9.81. The lowest BCUT2D eigenvalue weighted by molar-refractivity contribution is -0.657. The lowest BCUT2D eigenvalue weighted by Gasteiger charge is -2.22. The van der Waals surface area contributed by atoms with Crippen LogP contribution in [-0.4, -0.2) is 14.2 Å². The molecule has 0 bridgehead atoms. The second kappa shape index (κ2) is 15.5. The third-order valence-corrected chi connectivity index (χ3v) is 18.1. The van der Waals surface area contributed by atoms with Crippen LogP contribution >= 0.6 is 0 Å². The van der Waals surface area contributed by atoms with E-state index in [0.29, 0.717) is 0 Å². The monoisotopic (exact) mass is 995 g/mol. The van der Waals surface area contributed by atoms with Crippen molar-refractivity contribution < 1.29 is 4.68 Å². The molecule has 0 unspecified atom stereocenters. The highest BCUT2D eigenvalue weighted by Gasteiger charge is 2.39. The summed E-state index contributed by atoms with van der Waals surface area (Å²) >= 11 is 0. The van der Waals surface area contributed by atoms with Crippen molar-refractivity contribution >= 4 is 86.7 Å². The van der Waals surface area contributed by atoms with Crippen molar-refractivity contribution in [1.29, 1.82) is 0 Å². The summed E-state index contributed by atoms with van der Waals surface area (Å²) in [5, 5.41) is 20.5. The summed E-state index contributed by atoms with van der Waals surface area (Å²) in [6.07, 6.45) is 2.24. The molecule has 2 aliphatic rings. The van der Waals surface area contributed by atoms with Gasteiger partial charge in [-0.3, -0.25) is 0 Å². The summed E-state index contributed by atoms with van der Waals surface area (Å²) < 4.78 is 7.07. The van der Waals surface area contributed by atoms with Crippen molar-refractivity contribution in [3.05, 3.63) is 259 Å². The number of hydrogen-bond donors (Lipinski definition) is 0. The van der Waals surface area contributed by atoms with Gasteiger partial charge in [-0.05, 0) is 168 Å². The summed E-state index contributed by atoms with van der Waals surface area (Å²) in [6.45, 7) is 9.52. The van der Waals surface area contributed by atoms with E-state index >= 15 is 0 Å². The summed E-state index contributed by atoms with van der Waals surface area (Å²) in [4.78, 5) is 0. The Balaban J connectivity index is 0.903. The Labute approximate surface area is 451 Å². The number of fused-ring (bicyclic) bond motifs is 17. The first-order chi connectivity index (χ1) is 38.2. The highest BCUT2D eigenvalue weighted by atomic mass is 15.3. The Morgan fingerprint density at radius 1 is 0.333 bits per heavy atom. The molecule has 0 radical (unpaired) electrons. The molecule has 0 spiro atoms. The fraction of sp³-hybridized carbons (Fsp3) is 0.0811. The van der Waals surface area contributed by atoms with E-state index in [9.17, 15) is 0 Å². The quantitative estimate of drug-likeness (QED) is 0.161. The molecular weight excluding hydrogens is 945 g/mol. The van der Waals surface area contributed by atoms with Crippen LogP contribution in [0.25, 0.3) is 137 Å². The standard InChI is InChI=1S/C74H51N4/c1-73(2)63-38-49(27-31-55(63)59-34-45-17-8-10-19-47(45)36-64(59)73)72-58-39-53(29-26-50(58)43-76(75-72)52-30-32-56-60-35-46-18-9-11-20-48(46)37-65(60)74(3,4)66(56)40-52)78-67-25-15-14-24-57(67)61-41-62-70(42-69(61)78)77(51-21-6-5-7-22-51)68-33-28-44-16-12-13-23-54(44)71(62)68/h5-43H,1-4H3/q+1. The van der Waals surface area contributed by atoms with Crippen LogP contribution in [-0.2, 0) is 10.8 Å². The smallest absolute Gasteiger partial charge is 0.238 e. The Morgan fingerprint density at radius 3 is 1.62 bits per heavy atom. The van der Waals surface area contributed by atoms with E-state index in [1.54, 1.807) is 0 Å². The molecule has 78 heavy (non-hydrogen) atoms. The van der Waals surface area contributed by atoms with Gasteiger partial charge in [0.15, 0.2) is 0 Å². The molecule has 12 aromatic carbocycles. The van der Waals surface area contributed by atoms with Gasteiger partial charge >= 0.3 is 0 Å². The number of benzene rings is 12. The van der Waals surface area contributed by atoms with E-state index in [2.05, 4.69) is 278 Å². The fourth-order valence-corrected chi connectivity index (χ4v) is 14.2. The molecule has 4 heteroatoms. The zero-order valence-electron chi connectivity index (χ0n) is 43.8. The van der Waals surface area contributed by atoms with Gasteiger partial charge in [-0.2, -0.15) is 0 Å². The van der Waals surface area contributed by atoms with Crippen LogP contribution in [0, 0.1) is 0 Å². The van der Waals surface area contributed by atoms with Crippen molar-refractivity contribution in [2.45, 2.75) is 38.5 Å². The molecule has 4 nitrogen and oxygen atoms in total. The van der Waals surface area contributed by atoms with Crippen molar-refractivity contribution in [2.75, 3.05) is 0 Å². The zero-order valence-corrected chi connectivity index (χ0v) is 43.8.